The number of rotatable bonds is 5. The Morgan fingerprint density at radius 1 is 1.11 bits per heavy atom. The van der Waals surface area contributed by atoms with Gasteiger partial charge in [-0.25, -0.2) is 4.39 Å². The number of benzene rings is 2. The van der Waals surface area contributed by atoms with Gasteiger partial charge in [-0.05, 0) is 12.1 Å². The third-order valence-electron chi connectivity index (χ3n) is 2.73. The highest BCUT2D eigenvalue weighted by Crippen LogP contribution is 2.35. The number of para-hydroxylation sites is 1. The standard InChI is InChI=1S/C16H14ClFO/c1-2-11-19-15-10-6-4-8-13(15)16(17)12-7-3-5-9-14(12)18/h2-10,16H,1,11H2. The molecule has 98 valence electrons. The van der Waals surface area contributed by atoms with Crippen LogP contribution < -0.4 is 4.74 Å². The second-order valence-corrected chi connectivity index (χ2v) is 4.46. The van der Waals surface area contributed by atoms with Crippen LogP contribution in [0, 0.1) is 5.82 Å². The van der Waals surface area contributed by atoms with Gasteiger partial charge in [-0.15, -0.1) is 11.6 Å². The van der Waals surface area contributed by atoms with Crippen LogP contribution in [-0.4, -0.2) is 6.61 Å². The van der Waals surface area contributed by atoms with E-state index in [-0.39, 0.29) is 5.82 Å². The molecule has 0 aliphatic rings. The van der Waals surface area contributed by atoms with E-state index in [0.717, 1.165) is 5.56 Å². The molecule has 19 heavy (non-hydrogen) atoms. The van der Waals surface area contributed by atoms with Crippen molar-refractivity contribution < 1.29 is 9.13 Å². The van der Waals surface area contributed by atoms with Crippen molar-refractivity contribution in [1.82, 2.24) is 0 Å². The molecule has 0 saturated carbocycles. The van der Waals surface area contributed by atoms with Crippen molar-refractivity contribution in [2.45, 2.75) is 5.38 Å². The number of alkyl halides is 1. The first-order valence-corrected chi connectivity index (χ1v) is 6.38. The van der Waals surface area contributed by atoms with Crippen molar-refractivity contribution in [1.29, 1.82) is 0 Å². The van der Waals surface area contributed by atoms with Gasteiger partial charge in [-0.3, -0.25) is 0 Å². The van der Waals surface area contributed by atoms with E-state index in [0.29, 0.717) is 17.9 Å². The summed E-state index contributed by atoms with van der Waals surface area (Å²) in [6, 6.07) is 13.8. The van der Waals surface area contributed by atoms with E-state index >= 15 is 0 Å². The number of hydrogen-bond donors (Lipinski definition) is 0. The predicted octanol–water partition coefficient (Wildman–Crippen LogP) is 4.72. The van der Waals surface area contributed by atoms with Crippen molar-refractivity contribution in [3.63, 3.8) is 0 Å². The van der Waals surface area contributed by atoms with Gasteiger partial charge in [0.1, 0.15) is 18.2 Å². The molecule has 0 aromatic heterocycles. The summed E-state index contributed by atoms with van der Waals surface area (Å²) < 4.78 is 19.3. The fraction of sp³-hybridized carbons (Fsp3) is 0.125. The van der Waals surface area contributed by atoms with E-state index in [1.165, 1.54) is 6.07 Å². The molecule has 0 radical (unpaired) electrons. The van der Waals surface area contributed by atoms with E-state index in [9.17, 15) is 4.39 Å². The summed E-state index contributed by atoms with van der Waals surface area (Å²) in [5.41, 5.74) is 1.19. The van der Waals surface area contributed by atoms with Crippen LogP contribution in [0.4, 0.5) is 4.39 Å². The fourth-order valence-electron chi connectivity index (χ4n) is 1.82. The molecule has 1 unspecified atom stereocenters. The minimum absolute atomic E-state index is 0.318. The van der Waals surface area contributed by atoms with Crippen molar-refractivity contribution in [3.8, 4) is 5.75 Å². The SMILES string of the molecule is C=CCOc1ccccc1C(Cl)c1ccccc1F. The van der Waals surface area contributed by atoms with Gasteiger partial charge in [0.05, 0.1) is 5.38 Å². The second kappa shape index (κ2) is 6.39. The zero-order chi connectivity index (χ0) is 13.7. The fourth-order valence-corrected chi connectivity index (χ4v) is 2.18. The average Bonchev–Trinajstić information content (AvgIpc) is 2.45. The zero-order valence-electron chi connectivity index (χ0n) is 10.4. The molecule has 0 N–H and O–H groups in total. The average molecular weight is 277 g/mol. The first-order chi connectivity index (χ1) is 9.24. The van der Waals surface area contributed by atoms with Gasteiger partial charge >= 0.3 is 0 Å². The molecule has 0 heterocycles. The maximum Gasteiger partial charge on any atom is 0.128 e. The molecule has 0 aliphatic carbocycles. The summed E-state index contributed by atoms with van der Waals surface area (Å²) in [6.07, 6.45) is 1.66. The van der Waals surface area contributed by atoms with Gasteiger partial charge in [0.25, 0.3) is 0 Å². The van der Waals surface area contributed by atoms with Gasteiger partial charge in [0, 0.05) is 11.1 Å². The molecule has 2 aromatic carbocycles. The Morgan fingerprint density at radius 3 is 2.42 bits per heavy atom. The predicted molar refractivity (Wildman–Crippen MR) is 76.2 cm³/mol. The maximum atomic E-state index is 13.8. The van der Waals surface area contributed by atoms with Crippen molar-refractivity contribution in [2.75, 3.05) is 6.61 Å². The normalized spacial score (nSPS) is 11.9. The second-order valence-electron chi connectivity index (χ2n) is 4.02. The van der Waals surface area contributed by atoms with Crippen molar-refractivity contribution in [3.05, 3.63) is 78.1 Å². The van der Waals surface area contributed by atoms with Crippen LogP contribution in [-0.2, 0) is 0 Å². The Hall–Kier alpha value is -1.80. The number of ether oxygens (including phenoxy) is 1. The molecular weight excluding hydrogens is 263 g/mol. The lowest BCUT2D eigenvalue weighted by Gasteiger charge is -2.15. The minimum atomic E-state index is -0.581. The molecule has 0 bridgehead atoms. The lowest BCUT2D eigenvalue weighted by atomic mass is 10.0. The monoisotopic (exact) mass is 276 g/mol. The minimum Gasteiger partial charge on any atom is -0.489 e. The molecular formula is C16H14ClFO. The lowest BCUT2D eigenvalue weighted by Crippen LogP contribution is -2.02. The van der Waals surface area contributed by atoms with E-state index in [1.807, 2.05) is 24.3 Å². The summed E-state index contributed by atoms with van der Waals surface area (Å²) in [5, 5.41) is -0.581. The molecule has 0 fully saturated rings. The highest BCUT2D eigenvalue weighted by Gasteiger charge is 2.18. The molecule has 0 spiro atoms. The van der Waals surface area contributed by atoms with Crippen LogP contribution in [0.2, 0.25) is 0 Å². The van der Waals surface area contributed by atoms with Gasteiger partial charge < -0.3 is 4.74 Å². The smallest absolute Gasteiger partial charge is 0.128 e. The van der Waals surface area contributed by atoms with E-state index in [2.05, 4.69) is 6.58 Å². The van der Waals surface area contributed by atoms with Crippen LogP contribution in [0.1, 0.15) is 16.5 Å². The molecule has 1 atom stereocenters. The molecule has 2 rings (SSSR count). The van der Waals surface area contributed by atoms with Gasteiger partial charge in [0.2, 0.25) is 0 Å². The molecule has 1 nitrogen and oxygen atoms in total. The quantitative estimate of drug-likeness (QED) is 0.567. The largest absolute Gasteiger partial charge is 0.489 e. The Balaban J connectivity index is 2.36. The lowest BCUT2D eigenvalue weighted by molar-refractivity contribution is 0.359. The molecule has 0 aliphatic heterocycles. The Morgan fingerprint density at radius 2 is 1.74 bits per heavy atom. The van der Waals surface area contributed by atoms with Crippen LogP contribution in [0.5, 0.6) is 5.75 Å². The van der Waals surface area contributed by atoms with Crippen molar-refractivity contribution in [2.24, 2.45) is 0 Å². The first kappa shape index (κ1) is 13.6. The van der Waals surface area contributed by atoms with Crippen LogP contribution in [0.25, 0.3) is 0 Å². The summed E-state index contributed by atoms with van der Waals surface area (Å²) in [7, 11) is 0. The van der Waals surface area contributed by atoms with Crippen molar-refractivity contribution >= 4 is 11.6 Å². The van der Waals surface area contributed by atoms with E-state index in [4.69, 9.17) is 16.3 Å². The van der Waals surface area contributed by atoms with E-state index in [1.54, 1.807) is 24.3 Å². The molecule has 0 saturated heterocycles. The Kier molecular flexibility index (Phi) is 4.58. The highest BCUT2D eigenvalue weighted by atomic mass is 35.5. The van der Waals surface area contributed by atoms with Gasteiger partial charge in [-0.1, -0.05) is 49.1 Å². The summed E-state index contributed by atoms with van der Waals surface area (Å²) >= 11 is 6.38. The van der Waals surface area contributed by atoms with Crippen LogP contribution in [0.3, 0.4) is 0 Å². The molecule has 2 aromatic rings. The summed E-state index contributed by atoms with van der Waals surface area (Å²) in [5.74, 6) is 0.326. The Bertz CT molecular complexity index is 568. The number of hydrogen-bond acceptors (Lipinski definition) is 1. The summed E-state index contributed by atoms with van der Waals surface area (Å²) in [6.45, 7) is 3.99. The molecule has 0 amide bonds. The molecule has 3 heteroatoms. The maximum absolute atomic E-state index is 13.8. The zero-order valence-corrected chi connectivity index (χ0v) is 11.1. The highest BCUT2D eigenvalue weighted by molar-refractivity contribution is 6.22. The van der Waals surface area contributed by atoms with Gasteiger partial charge in [0.15, 0.2) is 0 Å². The number of halogens is 2. The first-order valence-electron chi connectivity index (χ1n) is 5.95. The topological polar surface area (TPSA) is 9.23 Å². The summed E-state index contributed by atoms with van der Waals surface area (Å²) in [4.78, 5) is 0. The Labute approximate surface area is 117 Å². The third kappa shape index (κ3) is 3.15. The van der Waals surface area contributed by atoms with Crippen LogP contribution in [0.15, 0.2) is 61.2 Å². The third-order valence-corrected chi connectivity index (χ3v) is 3.20. The van der Waals surface area contributed by atoms with Crippen LogP contribution >= 0.6 is 11.6 Å². The van der Waals surface area contributed by atoms with E-state index < -0.39 is 5.38 Å². The van der Waals surface area contributed by atoms with Gasteiger partial charge in [-0.2, -0.15) is 0 Å².